The average Bonchev–Trinajstić information content (AvgIpc) is 2.77. The van der Waals surface area contributed by atoms with E-state index >= 15 is 0 Å². The van der Waals surface area contributed by atoms with E-state index in [1.54, 1.807) is 36.4 Å². The average molecular weight is 449 g/mol. The van der Waals surface area contributed by atoms with Gasteiger partial charge in [0.1, 0.15) is 12.4 Å². The van der Waals surface area contributed by atoms with Gasteiger partial charge in [-0.1, -0.05) is 36.2 Å². The highest BCUT2D eigenvalue weighted by atomic mass is 35.5. The third-order valence-electron chi connectivity index (χ3n) is 4.77. The van der Waals surface area contributed by atoms with E-state index in [1.165, 1.54) is 10.4 Å². The van der Waals surface area contributed by atoms with Crippen LogP contribution in [0.4, 0.5) is 0 Å². The Labute approximate surface area is 182 Å². The number of benzene rings is 2. The highest BCUT2D eigenvalue weighted by Gasteiger charge is 2.25. The largest absolute Gasteiger partial charge is 0.492 e. The maximum absolute atomic E-state index is 12.6. The summed E-state index contributed by atoms with van der Waals surface area (Å²) in [7, 11) is -3.44. The number of nitrogens with one attached hydrogen (secondary N) is 1. The van der Waals surface area contributed by atoms with Crippen molar-refractivity contribution in [3.8, 4) is 5.75 Å². The van der Waals surface area contributed by atoms with E-state index in [2.05, 4.69) is 5.32 Å². The number of carbonyl (C=O) groups excluding carboxylic acids is 1. The van der Waals surface area contributed by atoms with Crippen LogP contribution in [0.5, 0.6) is 5.75 Å². The summed E-state index contributed by atoms with van der Waals surface area (Å²) in [4.78, 5) is 12.1. The second kappa shape index (κ2) is 10.6. The van der Waals surface area contributed by atoms with E-state index in [4.69, 9.17) is 16.3 Å². The van der Waals surface area contributed by atoms with Crippen molar-refractivity contribution < 1.29 is 17.9 Å². The van der Waals surface area contributed by atoms with Crippen LogP contribution in [0.3, 0.4) is 0 Å². The minimum absolute atomic E-state index is 0.249. The fourth-order valence-corrected chi connectivity index (χ4v) is 4.86. The molecule has 30 heavy (non-hydrogen) atoms. The molecular formula is C22H25ClN2O4S. The minimum Gasteiger partial charge on any atom is -0.492 e. The van der Waals surface area contributed by atoms with Crippen LogP contribution < -0.4 is 10.1 Å². The van der Waals surface area contributed by atoms with E-state index in [0.717, 1.165) is 24.8 Å². The fourth-order valence-electron chi connectivity index (χ4n) is 3.14. The molecule has 1 amide bonds. The van der Waals surface area contributed by atoms with Gasteiger partial charge in [0.15, 0.2) is 0 Å². The Morgan fingerprint density at radius 1 is 1.07 bits per heavy atom. The van der Waals surface area contributed by atoms with Crippen LogP contribution in [0.2, 0.25) is 5.02 Å². The molecule has 1 aliphatic heterocycles. The van der Waals surface area contributed by atoms with E-state index in [-0.39, 0.29) is 17.4 Å². The number of sulfonamides is 1. The third kappa shape index (κ3) is 6.08. The zero-order valence-corrected chi connectivity index (χ0v) is 18.2. The molecule has 0 spiro atoms. The highest BCUT2D eigenvalue weighted by Crippen LogP contribution is 2.22. The maximum Gasteiger partial charge on any atom is 0.244 e. The topological polar surface area (TPSA) is 75.7 Å². The maximum atomic E-state index is 12.6. The van der Waals surface area contributed by atoms with Gasteiger partial charge < -0.3 is 10.1 Å². The van der Waals surface area contributed by atoms with Crippen molar-refractivity contribution in [2.24, 2.45) is 0 Å². The van der Waals surface area contributed by atoms with Crippen LogP contribution >= 0.6 is 11.6 Å². The first kappa shape index (κ1) is 22.3. The zero-order valence-electron chi connectivity index (χ0n) is 16.6. The van der Waals surface area contributed by atoms with Crippen LogP contribution in [0.25, 0.3) is 6.08 Å². The first-order valence-corrected chi connectivity index (χ1v) is 11.7. The van der Waals surface area contributed by atoms with E-state index in [0.29, 0.717) is 30.4 Å². The molecule has 0 aliphatic carbocycles. The van der Waals surface area contributed by atoms with E-state index in [1.807, 2.05) is 18.2 Å². The van der Waals surface area contributed by atoms with Gasteiger partial charge in [-0.15, -0.1) is 0 Å². The molecule has 0 radical (unpaired) electrons. The molecule has 8 heteroatoms. The minimum atomic E-state index is -3.44. The summed E-state index contributed by atoms with van der Waals surface area (Å²) in [6.45, 7) is 1.74. The third-order valence-corrected chi connectivity index (χ3v) is 7.02. The van der Waals surface area contributed by atoms with Crippen LogP contribution in [-0.2, 0) is 14.8 Å². The lowest BCUT2D eigenvalue weighted by Gasteiger charge is -2.25. The fraction of sp³-hybridized carbons (Fsp3) is 0.318. The van der Waals surface area contributed by atoms with Gasteiger partial charge in [-0.05, 0) is 54.8 Å². The summed E-state index contributed by atoms with van der Waals surface area (Å²) in [6.07, 6.45) is 5.95. The lowest BCUT2D eigenvalue weighted by Crippen LogP contribution is -2.35. The Bertz CT molecular complexity index is 984. The highest BCUT2D eigenvalue weighted by molar-refractivity contribution is 7.89. The van der Waals surface area contributed by atoms with Crippen molar-refractivity contribution in [1.29, 1.82) is 0 Å². The summed E-state index contributed by atoms with van der Waals surface area (Å²) >= 11 is 6.04. The van der Waals surface area contributed by atoms with Gasteiger partial charge in [0.2, 0.25) is 15.9 Å². The first-order valence-electron chi connectivity index (χ1n) is 9.90. The molecule has 3 rings (SSSR count). The van der Waals surface area contributed by atoms with E-state index in [9.17, 15) is 13.2 Å². The number of piperidine rings is 1. The van der Waals surface area contributed by atoms with Crippen molar-refractivity contribution in [2.75, 3.05) is 26.2 Å². The van der Waals surface area contributed by atoms with Gasteiger partial charge in [-0.25, -0.2) is 8.42 Å². The summed E-state index contributed by atoms with van der Waals surface area (Å²) in [5, 5.41) is 3.30. The SMILES string of the molecule is O=C(/C=C/c1ccccc1Cl)NCCOc1ccc(S(=O)(=O)N2CCCCC2)cc1. The molecule has 6 nitrogen and oxygen atoms in total. The lowest BCUT2D eigenvalue weighted by atomic mass is 10.2. The monoisotopic (exact) mass is 448 g/mol. The van der Waals surface area contributed by atoms with Gasteiger partial charge in [0.05, 0.1) is 11.4 Å². The number of hydrogen-bond donors (Lipinski definition) is 1. The molecule has 1 fully saturated rings. The summed E-state index contributed by atoms with van der Waals surface area (Å²) in [6, 6.07) is 13.6. The van der Waals surface area contributed by atoms with Crippen LogP contribution in [0.15, 0.2) is 59.5 Å². The van der Waals surface area contributed by atoms with Crippen molar-refractivity contribution in [1.82, 2.24) is 9.62 Å². The number of amides is 1. The first-order chi connectivity index (χ1) is 14.5. The number of hydrogen-bond acceptors (Lipinski definition) is 4. The predicted octanol–water partition coefficient (Wildman–Crippen LogP) is 3.72. The normalized spacial score (nSPS) is 15.2. The molecule has 160 valence electrons. The summed E-state index contributed by atoms with van der Waals surface area (Å²) in [5.74, 6) is 0.301. The molecule has 1 heterocycles. The van der Waals surface area contributed by atoms with Gasteiger partial charge in [0, 0.05) is 24.2 Å². The van der Waals surface area contributed by atoms with Gasteiger partial charge in [0.25, 0.3) is 0 Å². The molecule has 0 unspecified atom stereocenters. The second-order valence-electron chi connectivity index (χ2n) is 6.93. The van der Waals surface area contributed by atoms with Gasteiger partial charge in [-0.3, -0.25) is 4.79 Å². The Hall–Kier alpha value is -2.35. The van der Waals surface area contributed by atoms with Gasteiger partial charge >= 0.3 is 0 Å². The van der Waals surface area contributed by atoms with Crippen molar-refractivity contribution in [2.45, 2.75) is 24.2 Å². The number of nitrogens with zero attached hydrogens (tertiary/aromatic N) is 1. The number of rotatable bonds is 8. The molecule has 1 aliphatic rings. The van der Waals surface area contributed by atoms with Crippen molar-refractivity contribution in [3.05, 3.63) is 65.2 Å². The summed E-state index contributed by atoms with van der Waals surface area (Å²) < 4.78 is 32.4. The van der Waals surface area contributed by atoms with Gasteiger partial charge in [-0.2, -0.15) is 4.31 Å². The second-order valence-corrected chi connectivity index (χ2v) is 9.28. The molecule has 1 saturated heterocycles. The van der Waals surface area contributed by atoms with E-state index < -0.39 is 10.0 Å². The Morgan fingerprint density at radius 3 is 2.47 bits per heavy atom. The molecule has 0 saturated carbocycles. The lowest BCUT2D eigenvalue weighted by molar-refractivity contribution is -0.116. The number of halogens is 1. The standard InChI is InChI=1S/C22H25ClN2O4S/c23-21-7-3-2-6-18(21)8-13-22(26)24-14-17-29-19-9-11-20(12-10-19)30(27,28)25-15-4-1-5-16-25/h2-3,6-13H,1,4-5,14-17H2,(H,24,26)/b13-8+. The number of carbonyl (C=O) groups is 1. The molecule has 0 atom stereocenters. The molecular weight excluding hydrogens is 424 g/mol. The summed E-state index contributed by atoms with van der Waals surface area (Å²) in [5.41, 5.74) is 0.769. The van der Waals surface area contributed by atoms with Crippen LogP contribution in [0, 0.1) is 0 Å². The zero-order chi connectivity index (χ0) is 21.4. The predicted molar refractivity (Wildman–Crippen MR) is 118 cm³/mol. The Balaban J connectivity index is 1.44. The molecule has 0 bridgehead atoms. The van der Waals surface area contributed by atoms with Crippen LogP contribution in [0.1, 0.15) is 24.8 Å². The molecule has 2 aromatic rings. The van der Waals surface area contributed by atoms with Crippen LogP contribution in [-0.4, -0.2) is 44.9 Å². The quantitative estimate of drug-likeness (QED) is 0.493. The molecule has 2 aromatic carbocycles. The molecule has 0 aromatic heterocycles. The molecule has 1 N–H and O–H groups in total. The van der Waals surface area contributed by atoms with Crippen molar-refractivity contribution >= 4 is 33.6 Å². The number of ether oxygens (including phenoxy) is 1. The van der Waals surface area contributed by atoms with Crippen molar-refractivity contribution in [3.63, 3.8) is 0 Å². The smallest absolute Gasteiger partial charge is 0.244 e. The Kier molecular flexibility index (Phi) is 7.90. The Morgan fingerprint density at radius 2 is 1.77 bits per heavy atom.